The van der Waals surface area contributed by atoms with Gasteiger partial charge in [-0.1, -0.05) is 26.0 Å². The van der Waals surface area contributed by atoms with Crippen molar-refractivity contribution in [3.05, 3.63) is 41.7 Å². The summed E-state index contributed by atoms with van der Waals surface area (Å²) in [6.07, 6.45) is 1.57. The Balaban J connectivity index is 2.42. The number of methoxy groups -OCH3 is 1. The second kappa shape index (κ2) is 9.43. The molecule has 1 aromatic carbocycles. The molecule has 0 unspecified atom stereocenters. The molecule has 0 saturated carbocycles. The molecule has 2 rings (SSSR count). The van der Waals surface area contributed by atoms with E-state index in [1.807, 2.05) is 27.7 Å². The molecule has 0 radical (unpaired) electrons. The number of benzene rings is 1. The molecule has 1 aromatic heterocycles. The Morgan fingerprint density at radius 1 is 1.24 bits per heavy atom. The first-order valence-electron chi connectivity index (χ1n) is 9.72. The Hall–Kier alpha value is -2.35. The van der Waals surface area contributed by atoms with Crippen molar-refractivity contribution in [2.45, 2.75) is 64.7 Å². The van der Waals surface area contributed by atoms with E-state index >= 15 is 0 Å². The summed E-state index contributed by atoms with van der Waals surface area (Å²) in [6, 6.07) is 7.02. The zero-order valence-electron chi connectivity index (χ0n) is 18.0. The van der Waals surface area contributed by atoms with E-state index in [9.17, 15) is 13.2 Å². The van der Waals surface area contributed by atoms with Crippen LogP contribution in [0.3, 0.4) is 0 Å². The number of amides is 1. The fourth-order valence-corrected chi connectivity index (χ4v) is 4.69. The lowest BCUT2D eigenvalue weighted by Gasteiger charge is -2.26. The first-order valence-corrected chi connectivity index (χ1v) is 11.4. The number of carbonyl (C=O) groups is 1. The molecule has 2 aromatic rings. The number of nitrogens with zero attached hydrogens (tertiary/aromatic N) is 3. The monoisotopic (exact) mass is 421 g/mol. The highest BCUT2D eigenvalue weighted by Crippen LogP contribution is 2.22. The Bertz CT molecular complexity index is 949. The highest BCUT2D eigenvalue weighted by Gasteiger charge is 2.26. The summed E-state index contributed by atoms with van der Waals surface area (Å²) in [5, 5.41) is 0.0382. The number of hydrogen-bond donors (Lipinski definition) is 0. The molecule has 8 heteroatoms. The Labute approximate surface area is 173 Å². The van der Waals surface area contributed by atoms with Crippen LogP contribution >= 0.6 is 0 Å². The van der Waals surface area contributed by atoms with E-state index in [1.54, 1.807) is 47.0 Å². The third-order valence-corrected chi connectivity index (χ3v) is 6.17. The molecule has 0 aliphatic heterocycles. The van der Waals surface area contributed by atoms with Crippen LogP contribution in [0.4, 0.5) is 0 Å². The molecule has 0 aliphatic carbocycles. The number of rotatable bonds is 9. The van der Waals surface area contributed by atoms with Crippen molar-refractivity contribution in [2.24, 2.45) is 5.92 Å². The van der Waals surface area contributed by atoms with Gasteiger partial charge < -0.3 is 14.2 Å². The molecule has 7 nitrogen and oxygen atoms in total. The van der Waals surface area contributed by atoms with Gasteiger partial charge in [0.1, 0.15) is 5.75 Å². The molecule has 29 heavy (non-hydrogen) atoms. The van der Waals surface area contributed by atoms with E-state index in [4.69, 9.17) is 4.74 Å². The van der Waals surface area contributed by atoms with Crippen molar-refractivity contribution in [1.82, 2.24) is 14.5 Å². The Kier molecular flexibility index (Phi) is 7.46. The van der Waals surface area contributed by atoms with Gasteiger partial charge in [-0.15, -0.1) is 0 Å². The van der Waals surface area contributed by atoms with Crippen molar-refractivity contribution in [2.75, 3.05) is 7.11 Å². The predicted molar refractivity (Wildman–Crippen MR) is 112 cm³/mol. The van der Waals surface area contributed by atoms with Crippen molar-refractivity contribution in [1.29, 1.82) is 0 Å². The van der Waals surface area contributed by atoms with Crippen molar-refractivity contribution in [3.63, 3.8) is 0 Å². The lowest BCUT2D eigenvalue weighted by molar-refractivity contribution is -0.131. The minimum atomic E-state index is -3.68. The van der Waals surface area contributed by atoms with Gasteiger partial charge in [0.25, 0.3) is 0 Å². The molecule has 0 aliphatic rings. The van der Waals surface area contributed by atoms with Gasteiger partial charge in [0.05, 0.1) is 31.3 Å². The van der Waals surface area contributed by atoms with E-state index < -0.39 is 9.84 Å². The first kappa shape index (κ1) is 22.9. The van der Waals surface area contributed by atoms with Crippen LogP contribution in [0.5, 0.6) is 5.75 Å². The summed E-state index contributed by atoms with van der Waals surface area (Å²) >= 11 is 0. The minimum absolute atomic E-state index is 0.00624. The Morgan fingerprint density at radius 2 is 1.93 bits per heavy atom. The average Bonchev–Trinajstić information content (AvgIpc) is 3.01. The van der Waals surface area contributed by atoms with Crippen LogP contribution in [0.1, 0.15) is 45.9 Å². The topological polar surface area (TPSA) is 81.5 Å². The van der Waals surface area contributed by atoms with E-state index in [-0.39, 0.29) is 28.8 Å². The van der Waals surface area contributed by atoms with Gasteiger partial charge in [0.15, 0.2) is 0 Å². The second-order valence-corrected chi connectivity index (χ2v) is 9.77. The van der Waals surface area contributed by atoms with Crippen molar-refractivity contribution < 1.29 is 17.9 Å². The number of imidazole rings is 1. The fraction of sp³-hybridized carbons (Fsp3) is 0.524. The molecular weight excluding hydrogens is 390 g/mol. The first-order chi connectivity index (χ1) is 13.5. The quantitative estimate of drug-likeness (QED) is 0.621. The number of sulfone groups is 1. The van der Waals surface area contributed by atoms with Crippen LogP contribution in [0.25, 0.3) is 0 Å². The average molecular weight is 422 g/mol. The van der Waals surface area contributed by atoms with Gasteiger partial charge in [-0.05, 0) is 37.5 Å². The SMILES string of the molecule is COc1cccc(CS(=O)(=O)c2ncc(CN(C(C)=O)C(C)C)n2CC(C)C)c1. The van der Waals surface area contributed by atoms with E-state index in [1.165, 1.54) is 6.92 Å². The second-order valence-electron chi connectivity index (χ2n) is 7.89. The highest BCUT2D eigenvalue weighted by atomic mass is 32.2. The van der Waals surface area contributed by atoms with Gasteiger partial charge in [-0.2, -0.15) is 0 Å². The minimum Gasteiger partial charge on any atom is -0.497 e. The molecule has 0 fully saturated rings. The molecular formula is C21H31N3O4S. The molecule has 0 spiro atoms. The smallest absolute Gasteiger partial charge is 0.228 e. The van der Waals surface area contributed by atoms with Crippen LogP contribution in [-0.2, 0) is 33.5 Å². The third kappa shape index (κ3) is 5.82. The summed E-state index contributed by atoms with van der Waals surface area (Å²) in [5.41, 5.74) is 1.35. The summed E-state index contributed by atoms with van der Waals surface area (Å²) in [6.45, 7) is 10.3. The molecule has 1 amide bonds. The van der Waals surface area contributed by atoms with E-state index in [0.717, 1.165) is 0 Å². The molecule has 0 saturated heterocycles. The summed E-state index contributed by atoms with van der Waals surface area (Å²) < 4.78 is 33.3. The zero-order chi connectivity index (χ0) is 21.8. The largest absolute Gasteiger partial charge is 0.497 e. The molecule has 0 N–H and O–H groups in total. The number of ether oxygens (including phenoxy) is 1. The van der Waals surface area contributed by atoms with Crippen LogP contribution in [0.15, 0.2) is 35.6 Å². The molecule has 160 valence electrons. The summed E-state index contributed by atoms with van der Waals surface area (Å²) in [7, 11) is -2.13. The third-order valence-electron chi connectivity index (χ3n) is 4.58. The standard InChI is InChI=1S/C21H31N3O4S/c1-15(2)12-24-19(13-23(16(3)4)17(5)25)11-22-21(24)29(26,27)14-18-8-7-9-20(10-18)28-6/h7-11,15-16H,12-14H2,1-6H3. The van der Waals surface area contributed by atoms with Crippen molar-refractivity contribution >= 4 is 15.7 Å². The molecule has 0 atom stereocenters. The van der Waals surface area contributed by atoms with Gasteiger partial charge in [-0.25, -0.2) is 13.4 Å². The van der Waals surface area contributed by atoms with Crippen LogP contribution in [0, 0.1) is 5.92 Å². The lowest BCUT2D eigenvalue weighted by Crippen LogP contribution is -2.35. The predicted octanol–water partition coefficient (Wildman–Crippen LogP) is 3.28. The van der Waals surface area contributed by atoms with E-state index in [2.05, 4.69) is 4.98 Å². The van der Waals surface area contributed by atoms with E-state index in [0.29, 0.717) is 30.1 Å². The number of aromatic nitrogens is 2. The van der Waals surface area contributed by atoms with Crippen LogP contribution in [0.2, 0.25) is 0 Å². The maximum atomic E-state index is 13.2. The van der Waals surface area contributed by atoms with Crippen molar-refractivity contribution in [3.8, 4) is 5.75 Å². The van der Waals surface area contributed by atoms with Crippen LogP contribution in [-0.4, -0.2) is 41.9 Å². The number of carbonyl (C=O) groups excluding carboxylic acids is 1. The summed E-state index contributed by atoms with van der Waals surface area (Å²) in [4.78, 5) is 18.0. The fourth-order valence-electron chi connectivity index (χ4n) is 3.21. The Morgan fingerprint density at radius 3 is 2.48 bits per heavy atom. The lowest BCUT2D eigenvalue weighted by atomic mass is 10.2. The summed E-state index contributed by atoms with van der Waals surface area (Å²) in [5.74, 6) is 0.605. The normalized spacial score (nSPS) is 11.9. The van der Waals surface area contributed by atoms with Gasteiger partial charge >= 0.3 is 0 Å². The zero-order valence-corrected chi connectivity index (χ0v) is 18.9. The van der Waals surface area contributed by atoms with Gasteiger partial charge in [0.2, 0.25) is 20.9 Å². The van der Waals surface area contributed by atoms with Gasteiger partial charge in [0, 0.05) is 19.5 Å². The molecule has 0 bridgehead atoms. The van der Waals surface area contributed by atoms with Crippen LogP contribution < -0.4 is 4.74 Å². The van der Waals surface area contributed by atoms with Gasteiger partial charge in [-0.3, -0.25) is 4.79 Å². The highest BCUT2D eigenvalue weighted by molar-refractivity contribution is 7.90. The number of hydrogen-bond acceptors (Lipinski definition) is 5. The maximum Gasteiger partial charge on any atom is 0.228 e. The maximum absolute atomic E-state index is 13.2. The molecule has 1 heterocycles.